The number of aryl methyl sites for hydroxylation is 1. The van der Waals surface area contributed by atoms with Crippen LogP contribution >= 0.6 is 0 Å². The summed E-state index contributed by atoms with van der Waals surface area (Å²) in [6.45, 7) is -0.0140. The highest BCUT2D eigenvalue weighted by molar-refractivity contribution is 7.89. The lowest BCUT2D eigenvalue weighted by Gasteiger charge is -2.15. The van der Waals surface area contributed by atoms with Crippen LogP contribution in [0.25, 0.3) is 0 Å². The van der Waals surface area contributed by atoms with Gasteiger partial charge in [-0.15, -0.1) is 0 Å². The van der Waals surface area contributed by atoms with E-state index in [1.54, 1.807) is 24.4 Å². The maximum Gasteiger partial charge on any atom is 0.304 e. The molecular formula is C11H16N2O4S. The Hall–Kier alpha value is -1.47. The van der Waals surface area contributed by atoms with Crippen molar-refractivity contribution in [2.45, 2.75) is 12.8 Å². The molecule has 0 aromatic carbocycles. The van der Waals surface area contributed by atoms with Gasteiger partial charge in [0.05, 0.1) is 12.2 Å². The van der Waals surface area contributed by atoms with E-state index in [2.05, 4.69) is 4.98 Å². The van der Waals surface area contributed by atoms with Gasteiger partial charge in [0.2, 0.25) is 10.0 Å². The van der Waals surface area contributed by atoms with Crippen molar-refractivity contribution in [3.8, 4) is 0 Å². The van der Waals surface area contributed by atoms with E-state index in [0.29, 0.717) is 12.1 Å². The molecule has 0 aliphatic heterocycles. The molecule has 1 N–H and O–H groups in total. The number of sulfonamides is 1. The highest BCUT2D eigenvalue weighted by atomic mass is 32.2. The Labute approximate surface area is 106 Å². The molecule has 18 heavy (non-hydrogen) atoms. The molecule has 1 rings (SSSR count). The van der Waals surface area contributed by atoms with Crippen LogP contribution in [0.5, 0.6) is 0 Å². The predicted molar refractivity (Wildman–Crippen MR) is 66.6 cm³/mol. The topological polar surface area (TPSA) is 87.6 Å². The summed E-state index contributed by atoms with van der Waals surface area (Å²) in [5, 5.41) is 8.50. The van der Waals surface area contributed by atoms with Crippen LogP contribution in [0, 0.1) is 0 Å². The number of rotatable bonds is 7. The lowest BCUT2D eigenvalue weighted by Crippen LogP contribution is -2.32. The molecule has 1 heterocycles. The zero-order valence-electron chi connectivity index (χ0n) is 10.1. The smallest absolute Gasteiger partial charge is 0.304 e. The summed E-state index contributed by atoms with van der Waals surface area (Å²) in [6, 6.07) is 5.31. The first kappa shape index (κ1) is 14.6. The third-order valence-corrected chi connectivity index (χ3v) is 4.31. The molecule has 0 radical (unpaired) electrons. The fraction of sp³-hybridized carbons (Fsp3) is 0.455. The fourth-order valence-electron chi connectivity index (χ4n) is 1.33. The third kappa shape index (κ3) is 4.80. The van der Waals surface area contributed by atoms with Crippen molar-refractivity contribution in [3.05, 3.63) is 30.1 Å². The van der Waals surface area contributed by atoms with Crippen molar-refractivity contribution < 1.29 is 18.3 Å². The van der Waals surface area contributed by atoms with Crippen molar-refractivity contribution >= 4 is 16.0 Å². The summed E-state index contributed by atoms with van der Waals surface area (Å²) in [5.41, 5.74) is 0.702. The van der Waals surface area contributed by atoms with Crippen molar-refractivity contribution in [3.63, 3.8) is 0 Å². The van der Waals surface area contributed by atoms with E-state index in [-0.39, 0.29) is 18.7 Å². The molecule has 0 bridgehead atoms. The molecule has 7 heteroatoms. The predicted octanol–water partition coefficient (Wildman–Crippen LogP) is 0.360. The Kier molecular flexibility index (Phi) is 5.24. The average Bonchev–Trinajstić information content (AvgIpc) is 2.34. The number of aliphatic carboxylic acids is 1. The zero-order valence-corrected chi connectivity index (χ0v) is 10.9. The second-order valence-corrected chi connectivity index (χ2v) is 6.05. The van der Waals surface area contributed by atoms with Gasteiger partial charge >= 0.3 is 5.97 Å². The minimum absolute atomic E-state index is 0.0140. The molecule has 0 aliphatic carbocycles. The van der Waals surface area contributed by atoms with E-state index in [0.717, 1.165) is 4.31 Å². The van der Waals surface area contributed by atoms with E-state index < -0.39 is 16.0 Å². The van der Waals surface area contributed by atoms with E-state index in [1.165, 1.54) is 7.05 Å². The number of carbonyl (C=O) groups is 1. The number of carboxylic acid groups (broad SMARTS) is 1. The molecular weight excluding hydrogens is 256 g/mol. The number of carboxylic acids is 1. The van der Waals surface area contributed by atoms with E-state index in [1.807, 2.05) is 0 Å². The molecule has 0 saturated carbocycles. The number of hydrogen-bond acceptors (Lipinski definition) is 4. The summed E-state index contributed by atoms with van der Waals surface area (Å²) in [4.78, 5) is 14.4. The normalized spacial score (nSPS) is 11.7. The van der Waals surface area contributed by atoms with Crippen LogP contribution in [0.4, 0.5) is 0 Å². The second-order valence-electron chi connectivity index (χ2n) is 3.85. The maximum atomic E-state index is 11.8. The lowest BCUT2D eigenvalue weighted by molar-refractivity contribution is -0.137. The van der Waals surface area contributed by atoms with Crippen molar-refractivity contribution in [1.29, 1.82) is 0 Å². The monoisotopic (exact) mass is 272 g/mol. The fourth-order valence-corrected chi connectivity index (χ4v) is 2.48. The Morgan fingerprint density at radius 2 is 2.17 bits per heavy atom. The van der Waals surface area contributed by atoms with Crippen molar-refractivity contribution in [1.82, 2.24) is 9.29 Å². The van der Waals surface area contributed by atoms with Crippen molar-refractivity contribution in [2.24, 2.45) is 0 Å². The molecule has 100 valence electrons. The largest absolute Gasteiger partial charge is 0.481 e. The summed E-state index contributed by atoms with van der Waals surface area (Å²) in [5.74, 6) is -1.08. The van der Waals surface area contributed by atoms with Crippen LogP contribution < -0.4 is 0 Å². The molecule has 0 amide bonds. The molecule has 0 spiro atoms. The first-order valence-electron chi connectivity index (χ1n) is 5.47. The van der Waals surface area contributed by atoms with Gasteiger partial charge in [0.15, 0.2) is 0 Å². The number of nitrogens with zero attached hydrogens (tertiary/aromatic N) is 2. The SMILES string of the molecule is CN(CCC(=O)O)S(=O)(=O)CCc1ccccn1. The molecule has 1 aromatic rings. The first-order valence-corrected chi connectivity index (χ1v) is 7.08. The summed E-state index contributed by atoms with van der Waals surface area (Å²) in [6.07, 6.45) is 1.73. The number of aromatic nitrogens is 1. The Bertz CT molecular complexity index is 487. The Balaban J connectivity index is 2.51. The van der Waals surface area contributed by atoms with E-state index in [9.17, 15) is 13.2 Å². The number of pyridine rings is 1. The van der Waals surface area contributed by atoms with Crippen LogP contribution in [0.2, 0.25) is 0 Å². The van der Waals surface area contributed by atoms with Crippen LogP contribution in [0.1, 0.15) is 12.1 Å². The van der Waals surface area contributed by atoms with Gasteiger partial charge in [0.25, 0.3) is 0 Å². The highest BCUT2D eigenvalue weighted by Crippen LogP contribution is 2.04. The molecule has 0 fully saturated rings. The third-order valence-electron chi connectivity index (χ3n) is 2.46. The standard InChI is InChI=1S/C11H16N2O4S/c1-13(8-5-11(14)15)18(16,17)9-6-10-4-2-3-7-12-10/h2-4,7H,5-6,8-9H2,1H3,(H,14,15). The Morgan fingerprint density at radius 3 is 2.72 bits per heavy atom. The lowest BCUT2D eigenvalue weighted by atomic mass is 10.3. The van der Waals surface area contributed by atoms with Gasteiger partial charge in [-0.05, 0) is 12.1 Å². The number of hydrogen-bond donors (Lipinski definition) is 1. The zero-order chi connectivity index (χ0) is 13.6. The van der Waals surface area contributed by atoms with E-state index >= 15 is 0 Å². The van der Waals surface area contributed by atoms with Gasteiger partial charge in [-0.25, -0.2) is 12.7 Å². The van der Waals surface area contributed by atoms with Crippen LogP contribution in [-0.4, -0.2) is 48.1 Å². The van der Waals surface area contributed by atoms with Gasteiger partial charge < -0.3 is 5.11 Å². The highest BCUT2D eigenvalue weighted by Gasteiger charge is 2.18. The second kappa shape index (κ2) is 6.46. The summed E-state index contributed by atoms with van der Waals surface area (Å²) in [7, 11) is -2.04. The summed E-state index contributed by atoms with van der Waals surface area (Å²) < 4.78 is 24.7. The molecule has 1 aromatic heterocycles. The molecule has 0 unspecified atom stereocenters. The van der Waals surface area contributed by atoms with Gasteiger partial charge in [-0.3, -0.25) is 9.78 Å². The van der Waals surface area contributed by atoms with Crippen LogP contribution in [0.3, 0.4) is 0 Å². The minimum atomic E-state index is -3.42. The first-order chi connectivity index (χ1) is 8.42. The van der Waals surface area contributed by atoms with Gasteiger partial charge in [0, 0.05) is 31.9 Å². The van der Waals surface area contributed by atoms with Gasteiger partial charge in [-0.1, -0.05) is 6.07 Å². The average molecular weight is 272 g/mol. The molecule has 6 nitrogen and oxygen atoms in total. The molecule has 0 saturated heterocycles. The minimum Gasteiger partial charge on any atom is -0.481 e. The van der Waals surface area contributed by atoms with Gasteiger partial charge in [-0.2, -0.15) is 0 Å². The van der Waals surface area contributed by atoms with Crippen LogP contribution in [-0.2, 0) is 21.2 Å². The van der Waals surface area contributed by atoms with Crippen LogP contribution in [0.15, 0.2) is 24.4 Å². The quantitative estimate of drug-likeness (QED) is 0.774. The Morgan fingerprint density at radius 1 is 1.44 bits per heavy atom. The molecule has 0 aliphatic rings. The van der Waals surface area contributed by atoms with Crippen molar-refractivity contribution in [2.75, 3.05) is 19.3 Å². The van der Waals surface area contributed by atoms with Gasteiger partial charge in [0.1, 0.15) is 0 Å². The summed E-state index contributed by atoms with van der Waals surface area (Å²) >= 11 is 0. The molecule has 0 atom stereocenters. The van der Waals surface area contributed by atoms with E-state index in [4.69, 9.17) is 5.11 Å². The maximum absolute atomic E-state index is 11.8.